The van der Waals surface area contributed by atoms with Gasteiger partial charge in [0.25, 0.3) is 0 Å². The van der Waals surface area contributed by atoms with E-state index in [4.69, 9.17) is 4.99 Å². The number of hydrogen-bond acceptors (Lipinski definition) is 4. The molecule has 2 aliphatic rings. The Kier molecular flexibility index (Phi) is 9.27. The Hall–Kier alpha value is -1.79. The molecule has 1 aromatic rings. The minimum absolute atomic E-state index is 0.110. The first-order valence-electron chi connectivity index (χ1n) is 11.9. The number of benzene rings is 1. The molecule has 1 saturated carbocycles. The molecule has 0 radical (unpaired) electrons. The van der Waals surface area contributed by atoms with Gasteiger partial charge in [-0.25, -0.2) is 0 Å². The normalized spacial score (nSPS) is 23.4. The van der Waals surface area contributed by atoms with Gasteiger partial charge < -0.3 is 20.6 Å². The number of piperazine rings is 1. The first kappa shape index (κ1) is 22.9. The fourth-order valence-corrected chi connectivity index (χ4v) is 4.43. The lowest BCUT2D eigenvalue weighted by Gasteiger charge is -2.36. The minimum atomic E-state index is -0.110. The molecule has 0 atom stereocenters. The number of rotatable bonds is 8. The van der Waals surface area contributed by atoms with Crippen LogP contribution in [0.1, 0.15) is 51.0 Å². The van der Waals surface area contributed by atoms with Crippen LogP contribution in [0.3, 0.4) is 0 Å². The van der Waals surface area contributed by atoms with Gasteiger partial charge in [0.2, 0.25) is 0 Å². The molecule has 3 N–H and O–H groups in total. The fraction of sp³-hybridized carbons (Fsp3) is 0.708. The zero-order valence-electron chi connectivity index (χ0n) is 18.9. The number of nitrogens with zero attached hydrogens (tertiary/aromatic N) is 3. The van der Waals surface area contributed by atoms with Crippen LogP contribution in [-0.4, -0.2) is 73.9 Å². The van der Waals surface area contributed by atoms with Crippen LogP contribution in [0, 0.1) is 6.92 Å². The van der Waals surface area contributed by atoms with Gasteiger partial charge in [-0.1, -0.05) is 12.1 Å². The smallest absolute Gasteiger partial charge is 0.191 e. The minimum Gasteiger partial charge on any atom is -0.393 e. The van der Waals surface area contributed by atoms with E-state index in [-0.39, 0.29) is 6.10 Å². The highest BCUT2D eigenvalue weighted by Crippen LogP contribution is 2.19. The van der Waals surface area contributed by atoms with Gasteiger partial charge in [-0.2, -0.15) is 0 Å². The Bertz CT molecular complexity index is 649. The van der Waals surface area contributed by atoms with Crippen molar-refractivity contribution in [2.24, 2.45) is 4.99 Å². The van der Waals surface area contributed by atoms with E-state index in [1.807, 2.05) is 0 Å². The summed E-state index contributed by atoms with van der Waals surface area (Å²) in [5.41, 5.74) is 2.70. The van der Waals surface area contributed by atoms with Gasteiger partial charge in [-0.05, 0) is 76.6 Å². The molecule has 0 spiro atoms. The summed E-state index contributed by atoms with van der Waals surface area (Å²) < 4.78 is 0. The second kappa shape index (κ2) is 12.2. The number of anilines is 1. The summed E-state index contributed by atoms with van der Waals surface area (Å²) >= 11 is 0. The van der Waals surface area contributed by atoms with Crippen LogP contribution in [0.15, 0.2) is 29.3 Å². The predicted molar refractivity (Wildman–Crippen MR) is 126 cm³/mol. The first-order chi connectivity index (χ1) is 14.6. The third-order valence-electron chi connectivity index (χ3n) is 6.27. The van der Waals surface area contributed by atoms with E-state index >= 15 is 0 Å². The summed E-state index contributed by atoms with van der Waals surface area (Å²) in [6.45, 7) is 11.7. The molecule has 6 heteroatoms. The number of hydrogen-bond donors (Lipinski definition) is 3. The first-order valence-corrected chi connectivity index (χ1v) is 11.9. The topological polar surface area (TPSA) is 63.1 Å². The van der Waals surface area contributed by atoms with Crippen LogP contribution in [0.25, 0.3) is 0 Å². The van der Waals surface area contributed by atoms with Crippen molar-refractivity contribution < 1.29 is 5.11 Å². The van der Waals surface area contributed by atoms with E-state index in [0.29, 0.717) is 6.04 Å². The molecule has 0 unspecified atom stereocenters. The lowest BCUT2D eigenvalue weighted by Crippen LogP contribution is -2.46. The maximum absolute atomic E-state index is 9.68. The standard InChI is InChI=1S/C24H41N5O/c1-3-25-24(27-21-9-11-23(30)12-10-21)26-13-4-5-14-28-15-17-29(18-16-28)22-8-6-7-20(2)19-22/h6-8,19,21,23,30H,3-5,9-18H2,1-2H3,(H2,25,26,27). The highest BCUT2D eigenvalue weighted by atomic mass is 16.3. The average Bonchev–Trinajstić information content (AvgIpc) is 2.75. The Balaban J connectivity index is 1.32. The molecular formula is C24H41N5O. The van der Waals surface area contributed by atoms with E-state index < -0.39 is 0 Å². The zero-order chi connectivity index (χ0) is 21.2. The summed E-state index contributed by atoms with van der Waals surface area (Å²) in [4.78, 5) is 9.87. The average molecular weight is 416 g/mol. The van der Waals surface area contributed by atoms with Crippen molar-refractivity contribution in [1.82, 2.24) is 15.5 Å². The Morgan fingerprint density at radius 3 is 2.57 bits per heavy atom. The van der Waals surface area contributed by atoms with Gasteiger partial charge in [0.1, 0.15) is 0 Å². The molecule has 1 aliphatic heterocycles. The predicted octanol–water partition coefficient (Wildman–Crippen LogP) is 2.76. The number of aliphatic hydroxyl groups excluding tert-OH is 1. The van der Waals surface area contributed by atoms with Gasteiger partial charge in [0, 0.05) is 51.0 Å². The van der Waals surface area contributed by atoms with E-state index in [9.17, 15) is 5.11 Å². The van der Waals surface area contributed by atoms with E-state index in [1.54, 1.807) is 0 Å². The zero-order valence-corrected chi connectivity index (χ0v) is 18.9. The lowest BCUT2D eigenvalue weighted by molar-refractivity contribution is 0.120. The molecule has 0 bridgehead atoms. The number of unbranched alkanes of at least 4 members (excludes halogenated alkanes) is 1. The van der Waals surface area contributed by atoms with Gasteiger partial charge in [0.05, 0.1) is 6.10 Å². The second-order valence-corrected chi connectivity index (χ2v) is 8.79. The van der Waals surface area contributed by atoms with Crippen molar-refractivity contribution in [2.75, 3.05) is 50.7 Å². The number of guanidine groups is 1. The van der Waals surface area contributed by atoms with Crippen LogP contribution in [0.2, 0.25) is 0 Å². The summed E-state index contributed by atoms with van der Waals surface area (Å²) in [7, 11) is 0. The van der Waals surface area contributed by atoms with Crippen LogP contribution < -0.4 is 15.5 Å². The SMILES string of the molecule is CCNC(=NCCCCN1CCN(c2cccc(C)c2)CC1)NC1CCC(O)CC1. The van der Waals surface area contributed by atoms with Crippen LogP contribution >= 0.6 is 0 Å². The van der Waals surface area contributed by atoms with Crippen LogP contribution in [0.5, 0.6) is 0 Å². The van der Waals surface area contributed by atoms with E-state index in [2.05, 4.69) is 58.5 Å². The highest BCUT2D eigenvalue weighted by Gasteiger charge is 2.20. The molecule has 1 aromatic carbocycles. The van der Waals surface area contributed by atoms with Crippen molar-refractivity contribution in [2.45, 2.75) is 64.5 Å². The quantitative estimate of drug-likeness (QED) is 0.346. The lowest BCUT2D eigenvalue weighted by atomic mass is 9.93. The van der Waals surface area contributed by atoms with Crippen molar-refractivity contribution in [3.63, 3.8) is 0 Å². The third kappa shape index (κ3) is 7.47. The van der Waals surface area contributed by atoms with Gasteiger partial charge in [-0.3, -0.25) is 9.89 Å². The molecule has 1 saturated heterocycles. The molecule has 6 nitrogen and oxygen atoms in total. The monoisotopic (exact) mass is 415 g/mol. The molecular weight excluding hydrogens is 374 g/mol. The molecule has 2 fully saturated rings. The Morgan fingerprint density at radius 2 is 1.87 bits per heavy atom. The summed E-state index contributed by atoms with van der Waals surface area (Å²) in [6.07, 6.45) is 6.06. The Morgan fingerprint density at radius 1 is 1.10 bits per heavy atom. The summed E-state index contributed by atoms with van der Waals surface area (Å²) in [5.74, 6) is 0.936. The fourth-order valence-electron chi connectivity index (χ4n) is 4.43. The van der Waals surface area contributed by atoms with Gasteiger partial charge in [-0.15, -0.1) is 0 Å². The molecule has 168 valence electrons. The summed E-state index contributed by atoms with van der Waals surface area (Å²) in [6, 6.07) is 9.28. The third-order valence-corrected chi connectivity index (χ3v) is 6.27. The molecule has 3 rings (SSSR count). The summed E-state index contributed by atoms with van der Waals surface area (Å²) in [5, 5.41) is 16.6. The van der Waals surface area contributed by atoms with Crippen molar-refractivity contribution >= 4 is 11.6 Å². The maximum Gasteiger partial charge on any atom is 0.191 e. The van der Waals surface area contributed by atoms with Gasteiger partial charge in [0.15, 0.2) is 5.96 Å². The van der Waals surface area contributed by atoms with Crippen LogP contribution in [-0.2, 0) is 0 Å². The van der Waals surface area contributed by atoms with Gasteiger partial charge >= 0.3 is 0 Å². The number of aliphatic imine (C=N–C) groups is 1. The maximum atomic E-state index is 9.68. The molecule has 1 aliphatic carbocycles. The number of nitrogens with one attached hydrogen (secondary N) is 2. The van der Waals surface area contributed by atoms with Crippen molar-refractivity contribution in [1.29, 1.82) is 0 Å². The van der Waals surface area contributed by atoms with E-state index in [0.717, 1.165) is 77.3 Å². The highest BCUT2D eigenvalue weighted by molar-refractivity contribution is 5.80. The molecule has 0 aromatic heterocycles. The number of aliphatic hydroxyl groups is 1. The molecule has 30 heavy (non-hydrogen) atoms. The second-order valence-electron chi connectivity index (χ2n) is 8.79. The largest absolute Gasteiger partial charge is 0.393 e. The van der Waals surface area contributed by atoms with Crippen molar-refractivity contribution in [3.05, 3.63) is 29.8 Å². The van der Waals surface area contributed by atoms with Crippen LogP contribution in [0.4, 0.5) is 5.69 Å². The van der Waals surface area contributed by atoms with E-state index in [1.165, 1.54) is 24.2 Å². The Labute approximate surface area is 182 Å². The number of aryl methyl sites for hydroxylation is 1. The molecule has 1 heterocycles. The molecule has 0 amide bonds. The van der Waals surface area contributed by atoms with Crippen molar-refractivity contribution in [3.8, 4) is 0 Å².